The maximum Gasteiger partial charge on any atom is 0.131 e. The van der Waals surface area contributed by atoms with Crippen LogP contribution in [0, 0.1) is 0 Å². The lowest BCUT2D eigenvalue weighted by molar-refractivity contribution is 0.498. The molecule has 2 aromatic rings. The molecule has 0 saturated carbocycles. The maximum absolute atomic E-state index is 4.36. The number of piperidine rings is 1. The molecule has 0 radical (unpaired) electrons. The molecule has 2 aromatic heterocycles. The van der Waals surface area contributed by atoms with Gasteiger partial charge in [0.25, 0.3) is 0 Å². The summed E-state index contributed by atoms with van der Waals surface area (Å²) in [4.78, 5) is 18.9. The van der Waals surface area contributed by atoms with Crippen molar-refractivity contribution in [2.45, 2.75) is 18.8 Å². The Labute approximate surface area is 106 Å². The number of aromatic nitrogens is 4. The highest BCUT2D eigenvalue weighted by Gasteiger charge is 2.22. The van der Waals surface area contributed by atoms with Crippen molar-refractivity contribution in [1.82, 2.24) is 19.9 Å². The first-order valence-electron chi connectivity index (χ1n) is 6.20. The van der Waals surface area contributed by atoms with E-state index in [-0.39, 0.29) is 0 Å². The van der Waals surface area contributed by atoms with Crippen molar-refractivity contribution < 1.29 is 0 Å². The molecule has 1 aliphatic heterocycles. The van der Waals surface area contributed by atoms with Crippen LogP contribution in [-0.4, -0.2) is 33.0 Å². The quantitative estimate of drug-likeness (QED) is 0.800. The third-order valence-electron chi connectivity index (χ3n) is 3.33. The molecule has 5 heteroatoms. The Morgan fingerprint density at radius 1 is 1.06 bits per heavy atom. The largest absolute Gasteiger partial charge is 0.356 e. The fraction of sp³-hybridized carbons (Fsp3) is 0.385. The lowest BCUT2D eigenvalue weighted by Crippen LogP contribution is -2.35. The van der Waals surface area contributed by atoms with Crippen LogP contribution in [0.5, 0.6) is 0 Å². The molecule has 0 amide bonds. The lowest BCUT2D eigenvalue weighted by atomic mass is 9.94. The third kappa shape index (κ3) is 2.30. The molecule has 5 nitrogen and oxygen atoms in total. The van der Waals surface area contributed by atoms with Gasteiger partial charge in [-0.2, -0.15) is 0 Å². The van der Waals surface area contributed by atoms with Crippen molar-refractivity contribution in [1.29, 1.82) is 0 Å². The van der Waals surface area contributed by atoms with Gasteiger partial charge in [0.1, 0.15) is 18.5 Å². The molecule has 0 N–H and O–H groups in total. The summed E-state index contributed by atoms with van der Waals surface area (Å²) in [5, 5.41) is 0. The van der Waals surface area contributed by atoms with Crippen LogP contribution in [0.15, 0.2) is 37.2 Å². The summed E-state index contributed by atoms with van der Waals surface area (Å²) >= 11 is 0. The van der Waals surface area contributed by atoms with Gasteiger partial charge >= 0.3 is 0 Å². The molecular weight excluding hydrogens is 226 g/mol. The summed E-state index contributed by atoms with van der Waals surface area (Å²) in [6.07, 6.45) is 9.17. The average Bonchev–Trinajstić information content (AvgIpc) is 2.49. The Hall–Kier alpha value is -2.04. The summed E-state index contributed by atoms with van der Waals surface area (Å²) in [6, 6.07) is 3.97. The van der Waals surface area contributed by atoms with Gasteiger partial charge in [0.2, 0.25) is 0 Å². The van der Waals surface area contributed by atoms with E-state index in [1.807, 2.05) is 18.3 Å². The van der Waals surface area contributed by atoms with E-state index in [1.54, 1.807) is 18.9 Å². The Morgan fingerprint density at radius 2 is 1.89 bits per heavy atom. The van der Waals surface area contributed by atoms with E-state index < -0.39 is 0 Å². The monoisotopic (exact) mass is 241 g/mol. The van der Waals surface area contributed by atoms with E-state index in [9.17, 15) is 0 Å². The minimum atomic E-state index is 0.469. The molecule has 0 bridgehead atoms. The molecule has 92 valence electrons. The van der Waals surface area contributed by atoms with Crippen molar-refractivity contribution in [3.8, 4) is 0 Å². The minimum Gasteiger partial charge on any atom is -0.356 e. The first-order chi connectivity index (χ1) is 8.93. The van der Waals surface area contributed by atoms with Gasteiger partial charge < -0.3 is 4.90 Å². The second kappa shape index (κ2) is 5.08. The van der Waals surface area contributed by atoms with E-state index in [0.29, 0.717) is 5.92 Å². The van der Waals surface area contributed by atoms with Crippen LogP contribution in [0.1, 0.15) is 24.5 Å². The predicted octanol–water partition coefficient (Wildman–Crippen LogP) is 1.65. The number of nitrogens with zero attached hydrogens (tertiary/aromatic N) is 5. The zero-order valence-corrected chi connectivity index (χ0v) is 10.1. The number of hydrogen-bond donors (Lipinski definition) is 0. The summed E-state index contributed by atoms with van der Waals surface area (Å²) in [5.41, 5.74) is 1.13. The zero-order valence-electron chi connectivity index (χ0n) is 10.1. The van der Waals surface area contributed by atoms with Crippen molar-refractivity contribution in [3.05, 3.63) is 42.9 Å². The van der Waals surface area contributed by atoms with E-state index in [2.05, 4.69) is 24.8 Å². The van der Waals surface area contributed by atoms with Gasteiger partial charge in [0.15, 0.2) is 0 Å². The SMILES string of the molecule is c1cc([C@@H]2CCCN(c3ccncn3)C2)ncn1. The summed E-state index contributed by atoms with van der Waals surface area (Å²) < 4.78 is 0. The topological polar surface area (TPSA) is 54.8 Å². The highest BCUT2D eigenvalue weighted by Crippen LogP contribution is 2.27. The van der Waals surface area contributed by atoms with Gasteiger partial charge in [-0.1, -0.05) is 0 Å². The van der Waals surface area contributed by atoms with Crippen molar-refractivity contribution >= 4 is 5.82 Å². The second-order valence-corrected chi connectivity index (χ2v) is 4.49. The Balaban J connectivity index is 1.77. The van der Waals surface area contributed by atoms with Crippen LogP contribution in [0.4, 0.5) is 5.82 Å². The van der Waals surface area contributed by atoms with Crippen molar-refractivity contribution in [2.75, 3.05) is 18.0 Å². The highest BCUT2D eigenvalue weighted by molar-refractivity contribution is 5.38. The van der Waals surface area contributed by atoms with Gasteiger partial charge in [-0.05, 0) is 25.0 Å². The summed E-state index contributed by atoms with van der Waals surface area (Å²) in [6.45, 7) is 2.02. The van der Waals surface area contributed by atoms with Crippen LogP contribution in [0.25, 0.3) is 0 Å². The summed E-state index contributed by atoms with van der Waals surface area (Å²) in [5.74, 6) is 1.47. The van der Waals surface area contributed by atoms with Gasteiger partial charge in [-0.25, -0.2) is 19.9 Å². The molecule has 0 unspecified atom stereocenters. The third-order valence-corrected chi connectivity index (χ3v) is 3.33. The predicted molar refractivity (Wildman–Crippen MR) is 68.3 cm³/mol. The van der Waals surface area contributed by atoms with Gasteiger partial charge in [-0.3, -0.25) is 0 Å². The summed E-state index contributed by atoms with van der Waals surface area (Å²) in [7, 11) is 0. The molecule has 1 saturated heterocycles. The van der Waals surface area contributed by atoms with Crippen LogP contribution in [-0.2, 0) is 0 Å². The van der Waals surface area contributed by atoms with E-state index in [0.717, 1.165) is 24.6 Å². The molecule has 18 heavy (non-hydrogen) atoms. The highest BCUT2D eigenvalue weighted by atomic mass is 15.2. The van der Waals surface area contributed by atoms with Crippen LogP contribution < -0.4 is 4.90 Å². The minimum absolute atomic E-state index is 0.469. The molecule has 1 fully saturated rings. The first-order valence-corrected chi connectivity index (χ1v) is 6.20. The fourth-order valence-corrected chi connectivity index (χ4v) is 2.44. The molecule has 0 aromatic carbocycles. The molecule has 1 atom stereocenters. The average molecular weight is 241 g/mol. The van der Waals surface area contributed by atoms with E-state index >= 15 is 0 Å². The lowest BCUT2D eigenvalue weighted by Gasteiger charge is -2.33. The first kappa shape index (κ1) is 11.1. The molecule has 0 aliphatic carbocycles. The Morgan fingerprint density at radius 3 is 2.61 bits per heavy atom. The van der Waals surface area contributed by atoms with Crippen LogP contribution in [0.2, 0.25) is 0 Å². The van der Waals surface area contributed by atoms with Crippen molar-refractivity contribution in [2.24, 2.45) is 0 Å². The number of rotatable bonds is 2. The molecule has 1 aliphatic rings. The standard InChI is InChI=1S/C13H15N5/c1-2-11(12-3-5-14-9-16-12)8-18(7-1)13-4-6-15-10-17-13/h3-6,9-11H,1-2,7-8H2/t11-/m1/s1. The number of hydrogen-bond acceptors (Lipinski definition) is 5. The smallest absolute Gasteiger partial charge is 0.131 e. The van der Waals surface area contributed by atoms with Gasteiger partial charge in [-0.15, -0.1) is 0 Å². The fourth-order valence-electron chi connectivity index (χ4n) is 2.44. The second-order valence-electron chi connectivity index (χ2n) is 4.49. The maximum atomic E-state index is 4.36. The van der Waals surface area contributed by atoms with E-state index in [1.165, 1.54) is 12.8 Å². The van der Waals surface area contributed by atoms with E-state index in [4.69, 9.17) is 0 Å². The van der Waals surface area contributed by atoms with Gasteiger partial charge in [0.05, 0.1) is 0 Å². The van der Waals surface area contributed by atoms with Crippen molar-refractivity contribution in [3.63, 3.8) is 0 Å². The number of anilines is 1. The molecule has 0 spiro atoms. The molecule has 3 heterocycles. The normalized spacial score (nSPS) is 19.8. The molecular formula is C13H15N5. The van der Waals surface area contributed by atoms with Crippen LogP contribution in [0.3, 0.4) is 0 Å². The molecule has 3 rings (SSSR count). The Bertz CT molecular complexity index is 442. The zero-order chi connectivity index (χ0) is 12.2. The van der Waals surface area contributed by atoms with Gasteiger partial charge in [0, 0.05) is 37.1 Å². The van der Waals surface area contributed by atoms with Crippen LogP contribution >= 0.6 is 0 Å². The Kier molecular flexibility index (Phi) is 3.12.